The minimum Gasteiger partial charge on any atom is -0.420 e. The molecule has 1 saturated heterocycles. The number of aliphatic hydroxyl groups is 1. The molecule has 3 N–H and O–H groups in total. The van der Waals surface area contributed by atoms with E-state index >= 15 is 0 Å². The molecule has 17 nitrogen and oxygen atoms in total. The maximum atomic E-state index is 13.6. The minimum absolute atomic E-state index is 0.0209. The lowest BCUT2D eigenvalue weighted by atomic mass is 9.94. The Bertz CT molecular complexity index is 2350. The second-order valence-corrected chi connectivity index (χ2v) is 20.6. The number of benzene rings is 3. The number of fused-ring (bicyclic) bond motifs is 1. The fraction of sp³-hybridized carbons (Fsp3) is 0.627. The average molecular weight is 1170 g/mol. The molecule has 81 heavy (non-hydrogen) atoms. The number of likely N-dealkylation sites (N-methyl/N-ethyl adjacent to an activating group) is 1. The number of ether oxygens (including phenoxy) is 11. The molecule has 0 atom stereocenters. The van der Waals surface area contributed by atoms with E-state index in [2.05, 4.69) is 70.4 Å². The highest BCUT2D eigenvalue weighted by atomic mass is 32.2. The van der Waals surface area contributed by atoms with Crippen molar-refractivity contribution in [1.29, 1.82) is 0 Å². The summed E-state index contributed by atoms with van der Waals surface area (Å²) in [5.41, 5.74) is 12.3. The first-order chi connectivity index (χ1) is 39.6. The van der Waals surface area contributed by atoms with E-state index in [-0.39, 0.29) is 32.5 Å². The molecule has 2 heterocycles. The highest BCUT2D eigenvalue weighted by Crippen LogP contribution is 2.35. The lowest BCUT2D eigenvalue weighted by molar-refractivity contribution is -0.136. The van der Waals surface area contributed by atoms with Crippen molar-refractivity contribution in [2.24, 2.45) is 5.92 Å². The second kappa shape index (κ2) is 41.0. The molecule has 5 rings (SSSR count). The Kier molecular flexibility index (Phi) is 34.3. The van der Waals surface area contributed by atoms with Crippen LogP contribution in [-0.2, 0) is 65.0 Å². The zero-order valence-electron chi connectivity index (χ0n) is 47.4. The molecule has 1 fully saturated rings. The van der Waals surface area contributed by atoms with E-state index in [0.29, 0.717) is 124 Å². The van der Waals surface area contributed by atoms with E-state index in [0.717, 1.165) is 81.3 Å². The van der Waals surface area contributed by atoms with Gasteiger partial charge in [-0.15, -0.1) is 0 Å². The van der Waals surface area contributed by atoms with Crippen LogP contribution in [0.5, 0.6) is 5.75 Å². The summed E-state index contributed by atoms with van der Waals surface area (Å²) >= 11 is 1.76. The summed E-state index contributed by atoms with van der Waals surface area (Å²) in [5.74, 6) is -8.48. The van der Waals surface area contributed by atoms with Crippen LogP contribution in [0.3, 0.4) is 0 Å². The predicted octanol–water partition coefficient (Wildman–Crippen LogP) is 8.51. The third kappa shape index (κ3) is 27.0. The summed E-state index contributed by atoms with van der Waals surface area (Å²) in [7, 11) is 2.15. The molecule has 0 saturated carbocycles. The third-order valence-corrected chi connectivity index (χ3v) is 14.0. The van der Waals surface area contributed by atoms with Crippen molar-refractivity contribution < 1.29 is 79.6 Å². The van der Waals surface area contributed by atoms with Crippen LogP contribution >= 0.6 is 11.9 Å². The molecule has 3 aromatic carbocycles. The SMILES string of the molecule is CCCCCc1cc2c(CCCCCN(C)CCOCCOCCOCCOCCOCCOCCOCCOCCOCCOCCC(=O)Oc3c(F)c(F)cc(F)c3F)cc(-c3cccc(SN4CC(CO)C4)c3)cc2nc1N. The van der Waals surface area contributed by atoms with Crippen LogP contribution in [-0.4, -0.2) is 197 Å². The number of hydrogen-bond acceptors (Lipinski definition) is 18. The van der Waals surface area contributed by atoms with Gasteiger partial charge in [-0.05, 0) is 104 Å². The Morgan fingerprint density at radius 1 is 0.617 bits per heavy atom. The number of nitrogen functional groups attached to an aromatic ring is 1. The smallest absolute Gasteiger partial charge is 0.313 e. The molecule has 0 unspecified atom stereocenters. The van der Waals surface area contributed by atoms with Gasteiger partial charge in [0.25, 0.3) is 0 Å². The van der Waals surface area contributed by atoms with Gasteiger partial charge in [0.15, 0.2) is 11.6 Å². The van der Waals surface area contributed by atoms with Crippen LogP contribution in [0.2, 0.25) is 0 Å². The number of aromatic nitrogens is 1. The summed E-state index contributed by atoms with van der Waals surface area (Å²) in [5, 5.41) is 10.7. The Hall–Kier alpha value is -4.11. The molecular weight excluding hydrogens is 1080 g/mol. The standard InChI is InChI=1S/C59H86F4N4O13S/c1-3-4-6-11-48-39-51-47(37-49(40-54(51)65-59(48)64)46-12-9-13-50(38-46)81-67-42-45(43-67)44-68)10-7-5-8-15-66(2)16-18-71-20-22-73-24-26-75-28-30-77-32-34-79-36-35-78-33-31-76-29-27-74-25-23-72-21-19-70-17-14-55(69)80-58-56(62)52(60)41-53(61)57(58)63/h9,12-13,37-41,45,68H,3-8,10-11,14-36,42-44H2,1-2H3,(H2,64,65). The van der Waals surface area contributed by atoms with Crippen molar-refractivity contribution in [3.63, 3.8) is 0 Å². The number of anilines is 1. The lowest BCUT2D eigenvalue weighted by Gasteiger charge is -2.36. The fourth-order valence-corrected chi connectivity index (χ4v) is 9.58. The molecule has 0 radical (unpaired) electrons. The van der Waals surface area contributed by atoms with Gasteiger partial charge in [-0.1, -0.05) is 44.4 Å². The van der Waals surface area contributed by atoms with Crippen molar-refractivity contribution in [3.8, 4) is 16.9 Å². The van der Waals surface area contributed by atoms with Crippen LogP contribution in [0.15, 0.2) is 53.4 Å². The number of carbonyl (C=O) groups is 1. The number of aliphatic hydroxyl groups excluding tert-OH is 1. The van der Waals surface area contributed by atoms with Gasteiger partial charge in [-0.3, -0.25) is 4.79 Å². The fourth-order valence-electron chi connectivity index (χ4n) is 8.39. The first kappa shape index (κ1) is 67.7. The molecule has 1 aliphatic heterocycles. The maximum Gasteiger partial charge on any atom is 0.313 e. The van der Waals surface area contributed by atoms with Crippen LogP contribution in [0, 0.1) is 29.2 Å². The van der Waals surface area contributed by atoms with Crippen molar-refractivity contribution >= 4 is 34.6 Å². The average Bonchev–Trinajstić information content (AvgIpc) is 3.46. The largest absolute Gasteiger partial charge is 0.420 e. The number of nitrogens with two attached hydrogens (primary N) is 1. The Morgan fingerprint density at radius 3 is 1.65 bits per heavy atom. The van der Waals surface area contributed by atoms with Crippen LogP contribution < -0.4 is 10.5 Å². The van der Waals surface area contributed by atoms with Crippen molar-refractivity contribution in [2.75, 3.05) is 178 Å². The van der Waals surface area contributed by atoms with Gasteiger partial charge in [-0.2, -0.15) is 8.78 Å². The number of unbranched alkanes of at least 4 members (excludes halogenated alkanes) is 4. The first-order valence-corrected chi connectivity index (χ1v) is 29.2. The zero-order chi connectivity index (χ0) is 57.7. The van der Waals surface area contributed by atoms with Gasteiger partial charge >= 0.3 is 5.97 Å². The highest BCUT2D eigenvalue weighted by Gasteiger charge is 2.27. The molecule has 0 aliphatic carbocycles. The van der Waals surface area contributed by atoms with Gasteiger partial charge in [0, 0.05) is 48.5 Å². The number of aryl methyl sites for hydroxylation is 2. The summed E-state index contributed by atoms with van der Waals surface area (Å²) in [6.07, 6.45) is 8.33. The van der Waals surface area contributed by atoms with E-state index in [1.54, 1.807) is 11.9 Å². The molecule has 4 aromatic rings. The van der Waals surface area contributed by atoms with Crippen LogP contribution in [0.1, 0.15) is 63.0 Å². The molecule has 0 amide bonds. The van der Waals surface area contributed by atoms with Gasteiger partial charge in [0.1, 0.15) is 5.82 Å². The maximum absolute atomic E-state index is 13.6. The Morgan fingerprint density at radius 2 is 1.12 bits per heavy atom. The van der Waals surface area contributed by atoms with Gasteiger partial charge in [0.05, 0.1) is 144 Å². The number of nitrogens with zero attached hydrogens (tertiary/aromatic N) is 3. The Balaban J connectivity index is 0.759. The number of pyridine rings is 1. The van der Waals surface area contributed by atoms with E-state index < -0.39 is 41.4 Å². The predicted molar refractivity (Wildman–Crippen MR) is 303 cm³/mol. The lowest BCUT2D eigenvalue weighted by Crippen LogP contribution is -2.43. The van der Waals surface area contributed by atoms with E-state index in [4.69, 9.17) is 58.1 Å². The van der Waals surface area contributed by atoms with Crippen molar-refractivity contribution in [1.82, 2.24) is 14.2 Å². The van der Waals surface area contributed by atoms with E-state index in [9.17, 15) is 27.5 Å². The van der Waals surface area contributed by atoms with Gasteiger partial charge < -0.3 is 67.8 Å². The molecule has 454 valence electrons. The molecule has 1 aromatic heterocycles. The number of esters is 1. The van der Waals surface area contributed by atoms with Crippen LogP contribution in [0.25, 0.3) is 22.0 Å². The third-order valence-electron chi connectivity index (χ3n) is 13.0. The number of carbonyl (C=O) groups excluding carboxylic acids is 1. The summed E-state index contributed by atoms with van der Waals surface area (Å²) in [6, 6.07) is 15.6. The summed E-state index contributed by atoms with van der Waals surface area (Å²) < 4.78 is 115. The molecule has 0 bridgehead atoms. The summed E-state index contributed by atoms with van der Waals surface area (Å²) in [6.45, 7) is 13.9. The minimum atomic E-state index is -1.79. The number of rotatable bonds is 48. The van der Waals surface area contributed by atoms with Crippen LogP contribution in [0.4, 0.5) is 23.4 Å². The monoisotopic (exact) mass is 1170 g/mol. The molecule has 0 spiro atoms. The normalized spacial score (nSPS) is 13.0. The topological polar surface area (TPSA) is 184 Å². The first-order valence-electron chi connectivity index (χ1n) is 28.4. The summed E-state index contributed by atoms with van der Waals surface area (Å²) in [4.78, 5) is 20.2. The van der Waals surface area contributed by atoms with Gasteiger partial charge in [0.2, 0.25) is 17.4 Å². The quantitative estimate of drug-likeness (QED) is 0.0107. The van der Waals surface area contributed by atoms with Gasteiger partial charge in [-0.25, -0.2) is 18.1 Å². The zero-order valence-corrected chi connectivity index (χ0v) is 48.2. The number of hydrogen-bond donors (Lipinski definition) is 2. The Labute approximate surface area is 479 Å². The van der Waals surface area contributed by atoms with Crippen molar-refractivity contribution in [2.45, 2.75) is 69.6 Å². The molecular formula is C59H86F4N4O13S. The molecule has 22 heteroatoms. The van der Waals surface area contributed by atoms with Crippen molar-refractivity contribution in [3.05, 3.63) is 82.9 Å². The van der Waals surface area contributed by atoms with E-state index in [1.807, 2.05) is 0 Å². The van der Waals surface area contributed by atoms with E-state index in [1.165, 1.54) is 34.3 Å². The highest BCUT2D eigenvalue weighted by molar-refractivity contribution is 7.97. The molecule has 1 aliphatic rings. The number of halogens is 4. The second-order valence-electron chi connectivity index (χ2n) is 19.5.